The molecule has 0 bridgehead atoms. The van der Waals surface area contributed by atoms with Crippen molar-refractivity contribution in [3.63, 3.8) is 0 Å². The molecule has 1 aromatic carbocycles. The van der Waals surface area contributed by atoms with Crippen molar-refractivity contribution >= 4 is 45.2 Å². The van der Waals surface area contributed by atoms with Crippen LogP contribution in [-0.2, 0) is 24.6 Å². The number of rotatable bonds is 6. The lowest BCUT2D eigenvalue weighted by atomic mass is 10.1. The highest BCUT2D eigenvalue weighted by atomic mass is 32.2. The van der Waals surface area contributed by atoms with Crippen molar-refractivity contribution in [1.29, 1.82) is 0 Å². The highest BCUT2D eigenvalue weighted by molar-refractivity contribution is 7.94. The van der Waals surface area contributed by atoms with Gasteiger partial charge < -0.3 is 14.9 Å². The van der Waals surface area contributed by atoms with Gasteiger partial charge in [0.2, 0.25) is 4.21 Å². The average Bonchev–Trinajstić information content (AvgIpc) is 3.70. The van der Waals surface area contributed by atoms with Gasteiger partial charge in [0.05, 0.1) is 16.0 Å². The minimum atomic E-state index is -4.58. The van der Waals surface area contributed by atoms with E-state index in [2.05, 4.69) is 24.4 Å². The summed E-state index contributed by atoms with van der Waals surface area (Å²) in [7, 11) is 1.40. The number of fused-ring (bicyclic) bond motifs is 1. The van der Waals surface area contributed by atoms with Crippen LogP contribution in [0.5, 0.6) is 0 Å². The second kappa shape index (κ2) is 10.1. The zero-order valence-electron chi connectivity index (χ0n) is 21.1. The van der Waals surface area contributed by atoms with E-state index >= 15 is 4.39 Å². The van der Waals surface area contributed by atoms with Gasteiger partial charge in [-0.15, -0.1) is 0 Å². The summed E-state index contributed by atoms with van der Waals surface area (Å²) >= 11 is -0.825. The summed E-state index contributed by atoms with van der Waals surface area (Å²) in [5, 5.41) is 4.17. The van der Waals surface area contributed by atoms with Crippen molar-refractivity contribution in [3.8, 4) is 21.7 Å². The number of anilines is 2. The molecule has 1 fully saturated rings. The van der Waals surface area contributed by atoms with E-state index in [0.29, 0.717) is 43.1 Å². The monoisotopic (exact) mass is 589 g/mol. The van der Waals surface area contributed by atoms with E-state index in [1.807, 2.05) is 6.20 Å². The van der Waals surface area contributed by atoms with E-state index < -0.39 is 29.0 Å². The van der Waals surface area contributed by atoms with Gasteiger partial charge in [0.15, 0.2) is 11.5 Å². The number of nitrogens with zero attached hydrogens (tertiary/aromatic N) is 5. The molecule has 0 spiro atoms. The van der Waals surface area contributed by atoms with Crippen LogP contribution in [0.25, 0.3) is 32.7 Å². The topological polar surface area (TPSA) is 110 Å². The molecule has 3 N–H and O–H groups in total. The maximum absolute atomic E-state index is 15.3. The minimum absolute atomic E-state index is 0.0145. The summed E-state index contributed by atoms with van der Waals surface area (Å²) in [5.41, 5.74) is 7.44. The van der Waals surface area contributed by atoms with Crippen LogP contribution in [0.3, 0.4) is 0 Å². The Hall–Kier alpha value is -3.62. The molecule has 208 valence electrons. The quantitative estimate of drug-likeness (QED) is 0.172. The van der Waals surface area contributed by atoms with E-state index in [-0.39, 0.29) is 11.4 Å². The van der Waals surface area contributed by atoms with E-state index in [9.17, 15) is 17.7 Å². The summed E-state index contributed by atoms with van der Waals surface area (Å²) in [6, 6.07) is 8.85. The number of alkyl halides is 3. The van der Waals surface area contributed by atoms with Gasteiger partial charge in [0.25, 0.3) is 0 Å². The van der Waals surface area contributed by atoms with Gasteiger partial charge in [-0.1, -0.05) is 30.2 Å². The van der Waals surface area contributed by atoms with E-state index in [4.69, 9.17) is 5.73 Å². The van der Waals surface area contributed by atoms with Gasteiger partial charge in [0.1, 0.15) is 34.8 Å². The molecule has 1 atom stereocenters. The molecular weight excluding hydrogens is 566 g/mol. The predicted octanol–water partition coefficient (Wildman–Crippen LogP) is 6.55. The van der Waals surface area contributed by atoms with Crippen LogP contribution in [0.1, 0.15) is 37.4 Å². The van der Waals surface area contributed by atoms with Crippen LogP contribution < -0.4 is 10.5 Å². The third-order valence-electron chi connectivity index (χ3n) is 7.03. The molecule has 1 saturated carbocycles. The number of hydrogen-bond donors (Lipinski definition) is 2. The summed E-state index contributed by atoms with van der Waals surface area (Å²) in [5.74, 6) is -0.314. The lowest BCUT2D eigenvalue weighted by Gasteiger charge is -2.12. The maximum Gasteiger partial charge on any atom is 0.435 e. The second-order valence-corrected chi connectivity index (χ2v) is 12.1. The molecule has 4 aromatic heterocycles. The van der Waals surface area contributed by atoms with Gasteiger partial charge in [-0.2, -0.15) is 23.0 Å². The fraction of sp³-hybridized carbons (Fsp3) is 0.269. The zero-order chi connectivity index (χ0) is 28.2. The molecule has 0 amide bonds. The number of halogens is 4. The molecule has 1 aliphatic rings. The van der Waals surface area contributed by atoms with E-state index in [1.165, 1.54) is 31.6 Å². The average molecular weight is 590 g/mol. The first-order chi connectivity index (χ1) is 19.1. The largest absolute Gasteiger partial charge is 0.587 e. The molecule has 40 heavy (non-hydrogen) atoms. The van der Waals surface area contributed by atoms with Crippen molar-refractivity contribution in [2.75, 3.05) is 10.5 Å². The number of aromatic nitrogens is 5. The van der Waals surface area contributed by atoms with Crippen molar-refractivity contribution in [2.24, 2.45) is 7.05 Å². The molecule has 14 heteroatoms. The Kier molecular flexibility index (Phi) is 6.71. The summed E-state index contributed by atoms with van der Waals surface area (Å²) in [6.45, 7) is 0. The number of nitrogen functional groups attached to an aromatic ring is 1. The molecule has 1 aliphatic carbocycles. The van der Waals surface area contributed by atoms with Gasteiger partial charge in [-0.05, 0) is 42.7 Å². The minimum Gasteiger partial charge on any atom is -0.587 e. The van der Waals surface area contributed by atoms with Crippen LogP contribution in [0.2, 0.25) is 0 Å². The summed E-state index contributed by atoms with van der Waals surface area (Å²) < 4.78 is 73.6. The first kappa shape index (κ1) is 26.6. The molecule has 0 saturated heterocycles. The molecule has 4 heterocycles. The van der Waals surface area contributed by atoms with E-state index in [1.54, 1.807) is 12.1 Å². The molecular formula is C26H23F4N7OS2. The van der Waals surface area contributed by atoms with Crippen molar-refractivity contribution in [1.82, 2.24) is 24.3 Å². The fourth-order valence-electron chi connectivity index (χ4n) is 5.10. The van der Waals surface area contributed by atoms with Crippen molar-refractivity contribution in [3.05, 3.63) is 60.4 Å². The van der Waals surface area contributed by atoms with Crippen LogP contribution in [0, 0.1) is 5.82 Å². The highest BCUT2D eigenvalue weighted by Crippen LogP contribution is 2.40. The van der Waals surface area contributed by atoms with Crippen molar-refractivity contribution < 1.29 is 22.1 Å². The summed E-state index contributed by atoms with van der Waals surface area (Å²) in [6.07, 6.45) is 3.13. The van der Waals surface area contributed by atoms with Gasteiger partial charge in [0, 0.05) is 30.9 Å². The Balaban J connectivity index is 1.26. The molecule has 0 radical (unpaired) electrons. The van der Waals surface area contributed by atoms with Gasteiger partial charge >= 0.3 is 6.18 Å². The SMILES string of the molecule is Cn1nc(C(F)(F)F)cc1-c1ccc([S+]([O-])Nc2ccc(-c3cn(C4CCCC4)c4ncnc(N)c34)cc2F)s1. The normalized spacial score (nSPS) is 15.2. The maximum atomic E-state index is 15.3. The first-order valence-electron chi connectivity index (χ1n) is 12.4. The Morgan fingerprint density at radius 3 is 2.60 bits per heavy atom. The Bertz CT molecular complexity index is 1710. The number of hydrogen-bond acceptors (Lipinski definition) is 7. The van der Waals surface area contributed by atoms with Crippen LogP contribution in [0.4, 0.5) is 29.1 Å². The van der Waals surface area contributed by atoms with Crippen LogP contribution >= 0.6 is 11.3 Å². The lowest BCUT2D eigenvalue weighted by molar-refractivity contribution is -0.141. The smallest absolute Gasteiger partial charge is 0.435 e. The van der Waals surface area contributed by atoms with Gasteiger partial charge in [-0.3, -0.25) is 4.68 Å². The summed E-state index contributed by atoms with van der Waals surface area (Å²) in [4.78, 5) is 9.04. The zero-order valence-corrected chi connectivity index (χ0v) is 22.7. The Morgan fingerprint density at radius 2 is 1.90 bits per heavy atom. The second-order valence-electron chi connectivity index (χ2n) is 9.57. The Morgan fingerprint density at radius 1 is 1.12 bits per heavy atom. The predicted molar refractivity (Wildman–Crippen MR) is 146 cm³/mol. The number of nitrogens with one attached hydrogen (secondary N) is 1. The van der Waals surface area contributed by atoms with E-state index in [0.717, 1.165) is 47.8 Å². The Labute approximate surface area is 233 Å². The molecule has 5 aromatic rings. The number of nitrogens with two attached hydrogens (primary N) is 1. The molecule has 1 unspecified atom stereocenters. The molecule has 6 rings (SSSR count). The molecule has 8 nitrogen and oxygen atoms in total. The van der Waals surface area contributed by atoms with Crippen LogP contribution in [0.15, 0.2) is 53.1 Å². The lowest BCUT2D eigenvalue weighted by Crippen LogP contribution is -2.12. The number of aryl methyl sites for hydroxylation is 1. The van der Waals surface area contributed by atoms with Crippen molar-refractivity contribution in [2.45, 2.75) is 42.1 Å². The first-order valence-corrected chi connectivity index (χ1v) is 14.4. The van der Waals surface area contributed by atoms with Crippen LogP contribution in [-0.4, -0.2) is 28.9 Å². The fourth-order valence-corrected chi connectivity index (χ4v) is 7.24. The third kappa shape index (κ3) is 4.80. The number of thiophene rings is 1. The number of benzene rings is 1. The standard InChI is InChI=1S/C26H23F4N7OS2/c1-36-19(11-21(34-36)26(28,29)30)20-8-9-22(39-20)40(38)35-18-7-6-14(10-17(18)27)16-12-37(15-4-2-3-5-15)25-23(16)24(31)32-13-33-25/h6-13,15,35H,2-5H2,1H3,(H2,31,32,33). The molecule has 0 aliphatic heterocycles. The highest BCUT2D eigenvalue weighted by Gasteiger charge is 2.35. The third-order valence-corrected chi connectivity index (χ3v) is 9.54. The van der Waals surface area contributed by atoms with Gasteiger partial charge in [-0.25, -0.2) is 14.4 Å².